The van der Waals surface area contributed by atoms with Gasteiger partial charge in [0.1, 0.15) is 0 Å². The predicted octanol–water partition coefficient (Wildman–Crippen LogP) is 3.91. The van der Waals surface area contributed by atoms with Crippen LogP contribution in [0.3, 0.4) is 0 Å². The van der Waals surface area contributed by atoms with E-state index in [1.165, 1.54) is 16.0 Å². The van der Waals surface area contributed by atoms with E-state index in [1.807, 2.05) is 18.4 Å². The van der Waals surface area contributed by atoms with Crippen molar-refractivity contribution in [2.45, 2.75) is 25.8 Å². The summed E-state index contributed by atoms with van der Waals surface area (Å²) in [4.78, 5) is 15.6. The van der Waals surface area contributed by atoms with Crippen LogP contribution in [0.25, 0.3) is 0 Å². The molecule has 0 bridgehead atoms. The molecule has 0 aliphatic heterocycles. The molecule has 0 spiro atoms. The molecule has 0 saturated heterocycles. The van der Waals surface area contributed by atoms with Crippen molar-refractivity contribution in [1.29, 1.82) is 0 Å². The zero-order chi connectivity index (χ0) is 13.0. The van der Waals surface area contributed by atoms with Gasteiger partial charge in [0.25, 0.3) is 0 Å². The highest BCUT2D eigenvalue weighted by Crippen LogP contribution is 2.32. The number of hydrogen-bond donors (Lipinski definition) is 0. The maximum Gasteiger partial charge on any atom is 0.235 e. The van der Waals surface area contributed by atoms with Crippen molar-refractivity contribution in [3.8, 4) is 0 Å². The third-order valence-electron chi connectivity index (χ3n) is 3.02. The van der Waals surface area contributed by atoms with E-state index in [0.717, 1.165) is 0 Å². The Morgan fingerprint density at radius 2 is 1.94 bits per heavy atom. The Labute approximate surface area is 111 Å². The van der Waals surface area contributed by atoms with Crippen molar-refractivity contribution < 1.29 is 4.79 Å². The lowest BCUT2D eigenvalue weighted by Gasteiger charge is -2.19. The second-order valence-electron chi connectivity index (χ2n) is 4.36. The van der Waals surface area contributed by atoms with Gasteiger partial charge >= 0.3 is 0 Å². The number of rotatable bonds is 4. The SMILES string of the molecule is Cc1ccc(C(c2cccs2)C(C)N=C=O)cc1. The summed E-state index contributed by atoms with van der Waals surface area (Å²) < 4.78 is 0. The molecule has 2 rings (SSSR count). The summed E-state index contributed by atoms with van der Waals surface area (Å²) in [6, 6.07) is 12.4. The van der Waals surface area contributed by atoms with Gasteiger partial charge in [-0.3, -0.25) is 0 Å². The molecule has 1 aromatic heterocycles. The first-order valence-electron chi connectivity index (χ1n) is 5.89. The summed E-state index contributed by atoms with van der Waals surface area (Å²) >= 11 is 1.69. The molecule has 92 valence electrons. The highest BCUT2D eigenvalue weighted by Gasteiger charge is 2.21. The van der Waals surface area contributed by atoms with Gasteiger partial charge in [0.15, 0.2) is 0 Å². The average Bonchev–Trinajstić information content (AvgIpc) is 2.86. The molecular weight excluding hydrogens is 242 g/mol. The number of carbonyl (C=O) groups excluding carboxylic acids is 1. The number of thiophene rings is 1. The van der Waals surface area contributed by atoms with Crippen molar-refractivity contribution >= 4 is 17.4 Å². The van der Waals surface area contributed by atoms with Crippen molar-refractivity contribution in [2.24, 2.45) is 4.99 Å². The fourth-order valence-corrected chi connectivity index (χ4v) is 3.03. The van der Waals surface area contributed by atoms with Crippen molar-refractivity contribution in [3.63, 3.8) is 0 Å². The van der Waals surface area contributed by atoms with E-state index in [4.69, 9.17) is 0 Å². The largest absolute Gasteiger partial charge is 0.235 e. The molecule has 0 N–H and O–H groups in total. The molecule has 2 aromatic rings. The molecule has 0 radical (unpaired) electrons. The number of aliphatic imine (C=N–C) groups is 1. The third-order valence-corrected chi connectivity index (χ3v) is 3.98. The third kappa shape index (κ3) is 2.76. The average molecular weight is 257 g/mol. The van der Waals surface area contributed by atoms with Crippen LogP contribution in [0.1, 0.15) is 28.8 Å². The number of benzene rings is 1. The van der Waals surface area contributed by atoms with Crippen LogP contribution < -0.4 is 0 Å². The first kappa shape index (κ1) is 12.7. The maximum atomic E-state index is 10.5. The van der Waals surface area contributed by atoms with Gasteiger partial charge in [-0.15, -0.1) is 11.3 Å². The molecule has 3 heteroatoms. The Morgan fingerprint density at radius 1 is 1.22 bits per heavy atom. The minimum Gasteiger partial charge on any atom is -0.211 e. The summed E-state index contributed by atoms with van der Waals surface area (Å²) in [5.74, 6) is 0.132. The molecular formula is C15H15NOS. The summed E-state index contributed by atoms with van der Waals surface area (Å²) in [5, 5.41) is 2.05. The Morgan fingerprint density at radius 3 is 2.50 bits per heavy atom. The molecule has 2 atom stereocenters. The molecule has 0 amide bonds. The highest BCUT2D eigenvalue weighted by atomic mass is 32.1. The molecule has 0 fully saturated rings. The van der Waals surface area contributed by atoms with E-state index < -0.39 is 0 Å². The Balaban J connectivity index is 2.42. The smallest absolute Gasteiger partial charge is 0.211 e. The van der Waals surface area contributed by atoms with Gasteiger partial charge in [-0.05, 0) is 30.9 Å². The molecule has 0 aliphatic carbocycles. The van der Waals surface area contributed by atoms with E-state index in [-0.39, 0.29) is 12.0 Å². The minimum atomic E-state index is -0.0937. The zero-order valence-corrected chi connectivity index (χ0v) is 11.3. The highest BCUT2D eigenvalue weighted by molar-refractivity contribution is 7.10. The van der Waals surface area contributed by atoms with Crippen molar-refractivity contribution in [1.82, 2.24) is 0 Å². The van der Waals surface area contributed by atoms with E-state index in [9.17, 15) is 4.79 Å². The number of isocyanates is 1. The lowest BCUT2D eigenvalue weighted by atomic mass is 9.91. The lowest BCUT2D eigenvalue weighted by Crippen LogP contribution is -2.13. The Bertz CT molecular complexity index is 538. The monoisotopic (exact) mass is 257 g/mol. The summed E-state index contributed by atoms with van der Waals surface area (Å²) in [5.41, 5.74) is 2.42. The van der Waals surface area contributed by atoms with Crippen LogP contribution in [0.4, 0.5) is 0 Å². The topological polar surface area (TPSA) is 29.4 Å². The van der Waals surface area contributed by atoms with Gasteiger partial charge in [-0.25, -0.2) is 9.79 Å². The minimum absolute atomic E-state index is 0.0937. The van der Waals surface area contributed by atoms with Crippen LogP contribution in [-0.2, 0) is 4.79 Å². The molecule has 1 heterocycles. The van der Waals surface area contributed by atoms with Gasteiger partial charge in [0, 0.05) is 10.8 Å². The van der Waals surface area contributed by atoms with Crippen LogP contribution in [0.15, 0.2) is 46.8 Å². The maximum absolute atomic E-state index is 10.5. The van der Waals surface area contributed by atoms with Gasteiger partial charge in [-0.2, -0.15) is 0 Å². The molecule has 0 saturated carbocycles. The van der Waals surface area contributed by atoms with Gasteiger partial charge < -0.3 is 0 Å². The Hall–Kier alpha value is -1.70. The van der Waals surface area contributed by atoms with Crippen molar-refractivity contribution in [3.05, 3.63) is 57.8 Å². The molecule has 0 aliphatic rings. The molecule has 1 aromatic carbocycles. The summed E-state index contributed by atoms with van der Waals surface area (Å²) in [7, 11) is 0. The second kappa shape index (κ2) is 5.76. The number of aryl methyl sites for hydroxylation is 1. The fraction of sp³-hybridized carbons (Fsp3) is 0.267. The van der Waals surface area contributed by atoms with E-state index in [0.29, 0.717) is 0 Å². The number of nitrogens with zero attached hydrogens (tertiary/aromatic N) is 1. The zero-order valence-electron chi connectivity index (χ0n) is 10.5. The van der Waals surface area contributed by atoms with Crippen LogP contribution in [0, 0.1) is 6.92 Å². The normalized spacial score (nSPS) is 13.7. The van der Waals surface area contributed by atoms with E-state index >= 15 is 0 Å². The van der Waals surface area contributed by atoms with Crippen LogP contribution in [0.5, 0.6) is 0 Å². The summed E-state index contributed by atoms with van der Waals surface area (Å²) in [6.07, 6.45) is 1.67. The lowest BCUT2D eigenvalue weighted by molar-refractivity contribution is 0.553. The van der Waals surface area contributed by atoms with E-state index in [1.54, 1.807) is 17.4 Å². The Kier molecular flexibility index (Phi) is 4.08. The predicted molar refractivity (Wildman–Crippen MR) is 74.9 cm³/mol. The second-order valence-corrected chi connectivity index (χ2v) is 5.34. The van der Waals surface area contributed by atoms with Crippen molar-refractivity contribution in [2.75, 3.05) is 0 Å². The van der Waals surface area contributed by atoms with Crippen LogP contribution in [-0.4, -0.2) is 12.1 Å². The standard InChI is InChI=1S/C15H15NOS/c1-11-5-7-13(8-6-11)15(12(2)16-10-17)14-4-3-9-18-14/h3-9,12,15H,1-2H3. The van der Waals surface area contributed by atoms with Gasteiger partial charge in [-0.1, -0.05) is 35.9 Å². The summed E-state index contributed by atoms with van der Waals surface area (Å²) in [6.45, 7) is 4.02. The number of hydrogen-bond acceptors (Lipinski definition) is 3. The quantitative estimate of drug-likeness (QED) is 0.603. The van der Waals surface area contributed by atoms with E-state index in [2.05, 4.69) is 42.2 Å². The van der Waals surface area contributed by atoms with Gasteiger partial charge in [0.05, 0.1) is 6.04 Å². The molecule has 18 heavy (non-hydrogen) atoms. The van der Waals surface area contributed by atoms with Crippen LogP contribution >= 0.6 is 11.3 Å². The first-order valence-corrected chi connectivity index (χ1v) is 6.77. The fourth-order valence-electron chi connectivity index (χ4n) is 2.08. The first-order chi connectivity index (χ1) is 8.72. The van der Waals surface area contributed by atoms with Gasteiger partial charge in [0.2, 0.25) is 6.08 Å². The van der Waals surface area contributed by atoms with Crippen LogP contribution in [0.2, 0.25) is 0 Å². The molecule has 2 nitrogen and oxygen atoms in total. The molecule has 2 unspecified atom stereocenters.